The van der Waals surface area contributed by atoms with Gasteiger partial charge >= 0.3 is 12.1 Å². The van der Waals surface area contributed by atoms with Gasteiger partial charge in [-0.05, 0) is 12.1 Å². The van der Waals surface area contributed by atoms with Crippen molar-refractivity contribution in [2.75, 3.05) is 31.1 Å². The number of nitrogens with zero attached hydrogens (tertiary/aromatic N) is 2. The van der Waals surface area contributed by atoms with Gasteiger partial charge in [0.05, 0.1) is 15.7 Å². The number of rotatable bonds is 1. The maximum Gasteiger partial charge on any atom is 0.471 e. The van der Waals surface area contributed by atoms with Crippen molar-refractivity contribution in [1.82, 2.24) is 4.90 Å². The lowest BCUT2D eigenvalue weighted by atomic mass is 10.2. The smallest absolute Gasteiger partial charge is 0.366 e. The molecule has 0 radical (unpaired) electrons. The van der Waals surface area contributed by atoms with E-state index in [4.69, 9.17) is 23.2 Å². The Morgan fingerprint density at radius 2 is 1.55 bits per heavy atom. The summed E-state index contributed by atoms with van der Waals surface area (Å²) in [5.41, 5.74) is 0.593. The van der Waals surface area contributed by atoms with Crippen LogP contribution in [0.5, 0.6) is 0 Å². The summed E-state index contributed by atoms with van der Waals surface area (Å²) >= 11 is 12.1. The van der Waals surface area contributed by atoms with Crippen LogP contribution in [0.3, 0.4) is 0 Å². The average Bonchev–Trinajstić information content (AvgIpc) is 2.37. The van der Waals surface area contributed by atoms with Crippen LogP contribution < -0.4 is 4.90 Å². The highest BCUT2D eigenvalue weighted by molar-refractivity contribution is 6.39. The second kappa shape index (κ2) is 5.69. The molecule has 110 valence electrons. The molecule has 1 heterocycles. The molecule has 0 bridgehead atoms. The topological polar surface area (TPSA) is 23.6 Å². The minimum absolute atomic E-state index is 0.0140. The van der Waals surface area contributed by atoms with Crippen molar-refractivity contribution in [2.45, 2.75) is 6.18 Å². The van der Waals surface area contributed by atoms with Crippen molar-refractivity contribution in [3.8, 4) is 0 Å². The molecule has 1 fully saturated rings. The first kappa shape index (κ1) is 15.3. The summed E-state index contributed by atoms with van der Waals surface area (Å²) in [6.45, 7) is 0.482. The molecule has 1 amide bonds. The number of halogens is 5. The van der Waals surface area contributed by atoms with Gasteiger partial charge in [0.15, 0.2) is 0 Å². The quantitative estimate of drug-likeness (QED) is 0.791. The van der Waals surface area contributed by atoms with Crippen LogP contribution in [0.25, 0.3) is 0 Å². The fraction of sp³-hybridized carbons (Fsp3) is 0.417. The van der Waals surface area contributed by atoms with Gasteiger partial charge in [-0.2, -0.15) is 13.2 Å². The highest BCUT2D eigenvalue weighted by Gasteiger charge is 2.43. The van der Waals surface area contributed by atoms with E-state index in [1.807, 2.05) is 0 Å². The van der Waals surface area contributed by atoms with Gasteiger partial charge in [0.2, 0.25) is 0 Å². The molecule has 0 unspecified atom stereocenters. The minimum Gasteiger partial charge on any atom is -0.366 e. The first-order valence-corrected chi connectivity index (χ1v) is 6.61. The number of benzene rings is 1. The highest BCUT2D eigenvalue weighted by atomic mass is 35.5. The van der Waals surface area contributed by atoms with Crippen LogP contribution in [0.2, 0.25) is 10.0 Å². The van der Waals surface area contributed by atoms with Crippen LogP contribution in [-0.4, -0.2) is 43.2 Å². The predicted molar refractivity (Wildman–Crippen MR) is 71.3 cm³/mol. The lowest BCUT2D eigenvalue weighted by Gasteiger charge is -2.37. The molecule has 1 aliphatic rings. The molecule has 8 heteroatoms. The monoisotopic (exact) mass is 326 g/mol. The molecule has 0 spiro atoms. The molecule has 1 aromatic rings. The van der Waals surface area contributed by atoms with Crippen LogP contribution in [0.4, 0.5) is 18.9 Å². The lowest BCUT2D eigenvalue weighted by molar-refractivity contribution is -0.185. The van der Waals surface area contributed by atoms with E-state index in [-0.39, 0.29) is 26.2 Å². The van der Waals surface area contributed by atoms with Crippen molar-refractivity contribution in [3.63, 3.8) is 0 Å². The first-order chi connectivity index (χ1) is 9.30. The summed E-state index contributed by atoms with van der Waals surface area (Å²) in [6, 6.07) is 5.02. The molecule has 1 saturated heterocycles. The molecule has 1 aliphatic heterocycles. The number of amides is 1. The molecule has 20 heavy (non-hydrogen) atoms. The Kier molecular flexibility index (Phi) is 4.34. The predicted octanol–water partition coefficient (Wildman–Crippen LogP) is 3.20. The van der Waals surface area contributed by atoms with Crippen molar-refractivity contribution >= 4 is 34.8 Å². The molecule has 0 N–H and O–H groups in total. The van der Waals surface area contributed by atoms with Gasteiger partial charge in [-0.15, -0.1) is 0 Å². The van der Waals surface area contributed by atoms with Crippen LogP contribution in [0.15, 0.2) is 18.2 Å². The summed E-state index contributed by atoms with van der Waals surface area (Å²) in [4.78, 5) is 13.7. The number of hydrogen-bond donors (Lipinski definition) is 0. The van der Waals surface area contributed by atoms with Gasteiger partial charge in [-0.1, -0.05) is 29.3 Å². The summed E-state index contributed by atoms with van der Waals surface area (Å²) < 4.78 is 37.0. The Hall–Kier alpha value is -1.14. The first-order valence-electron chi connectivity index (χ1n) is 5.86. The molecular formula is C12H11Cl2F3N2O. The van der Waals surface area contributed by atoms with Crippen molar-refractivity contribution < 1.29 is 18.0 Å². The fourth-order valence-corrected chi connectivity index (χ4v) is 2.74. The molecule has 3 nitrogen and oxygen atoms in total. The minimum atomic E-state index is -4.83. The number of carbonyl (C=O) groups excluding carboxylic acids is 1. The number of carbonyl (C=O) groups is 1. The molecule has 2 rings (SSSR count). The van der Waals surface area contributed by atoms with E-state index in [2.05, 4.69) is 0 Å². The summed E-state index contributed by atoms with van der Waals surface area (Å²) in [6.07, 6.45) is -4.83. The maximum atomic E-state index is 12.3. The van der Waals surface area contributed by atoms with E-state index in [1.54, 1.807) is 23.1 Å². The molecular weight excluding hydrogens is 316 g/mol. The third-order valence-corrected chi connectivity index (χ3v) is 3.67. The molecule has 0 aromatic heterocycles. The molecule has 1 aromatic carbocycles. The summed E-state index contributed by atoms with van der Waals surface area (Å²) in [5, 5.41) is 0.876. The van der Waals surface area contributed by atoms with Crippen molar-refractivity contribution in [3.05, 3.63) is 28.2 Å². The average molecular weight is 327 g/mol. The SMILES string of the molecule is O=C(N1CCN(c2c(Cl)cccc2Cl)CC1)C(F)(F)F. The zero-order valence-electron chi connectivity index (χ0n) is 10.3. The lowest BCUT2D eigenvalue weighted by Crippen LogP contribution is -2.52. The number of hydrogen-bond acceptors (Lipinski definition) is 2. The highest BCUT2D eigenvalue weighted by Crippen LogP contribution is 2.34. The van der Waals surface area contributed by atoms with Gasteiger partial charge < -0.3 is 9.80 Å². The summed E-state index contributed by atoms with van der Waals surface area (Å²) in [7, 11) is 0. The van der Waals surface area contributed by atoms with Gasteiger partial charge in [-0.3, -0.25) is 4.79 Å². The third-order valence-electron chi connectivity index (χ3n) is 3.06. The standard InChI is InChI=1S/C12H11Cl2F3N2O/c13-8-2-1-3-9(14)10(8)18-4-6-19(7-5-18)11(20)12(15,16)17/h1-3H,4-7H2. The molecule has 0 atom stereocenters. The van der Waals surface area contributed by atoms with E-state index < -0.39 is 12.1 Å². The van der Waals surface area contributed by atoms with E-state index in [0.29, 0.717) is 15.7 Å². The second-order valence-corrected chi connectivity index (χ2v) is 5.16. The maximum absolute atomic E-state index is 12.3. The Bertz CT molecular complexity index is 494. The van der Waals surface area contributed by atoms with Crippen LogP contribution in [0.1, 0.15) is 0 Å². The zero-order valence-corrected chi connectivity index (χ0v) is 11.8. The van der Waals surface area contributed by atoms with Crippen molar-refractivity contribution in [2.24, 2.45) is 0 Å². The summed E-state index contributed by atoms with van der Waals surface area (Å²) in [5.74, 6) is -1.80. The van der Waals surface area contributed by atoms with E-state index in [9.17, 15) is 18.0 Å². The third kappa shape index (κ3) is 3.12. The fourth-order valence-electron chi connectivity index (χ4n) is 2.10. The van der Waals surface area contributed by atoms with Gasteiger partial charge in [0, 0.05) is 26.2 Å². The van der Waals surface area contributed by atoms with Crippen LogP contribution >= 0.6 is 23.2 Å². The number of alkyl halides is 3. The van der Waals surface area contributed by atoms with Gasteiger partial charge in [0.1, 0.15) is 0 Å². The second-order valence-electron chi connectivity index (χ2n) is 4.35. The molecule has 0 saturated carbocycles. The zero-order chi connectivity index (χ0) is 14.9. The van der Waals surface area contributed by atoms with E-state index in [1.165, 1.54) is 0 Å². The Labute approximate surface area is 123 Å². The van der Waals surface area contributed by atoms with Crippen LogP contribution in [-0.2, 0) is 4.79 Å². The van der Waals surface area contributed by atoms with Gasteiger partial charge in [0.25, 0.3) is 0 Å². The van der Waals surface area contributed by atoms with Crippen LogP contribution in [0, 0.1) is 0 Å². The molecule has 0 aliphatic carbocycles. The van der Waals surface area contributed by atoms with E-state index in [0.717, 1.165) is 4.90 Å². The Morgan fingerprint density at radius 3 is 2.00 bits per heavy atom. The Balaban J connectivity index is 2.07. The number of piperazine rings is 1. The normalized spacial score (nSPS) is 16.4. The van der Waals surface area contributed by atoms with Crippen molar-refractivity contribution in [1.29, 1.82) is 0 Å². The number of para-hydroxylation sites is 1. The van der Waals surface area contributed by atoms with Gasteiger partial charge in [-0.25, -0.2) is 0 Å². The Morgan fingerprint density at radius 1 is 1.05 bits per heavy atom. The van der Waals surface area contributed by atoms with E-state index >= 15 is 0 Å². The largest absolute Gasteiger partial charge is 0.471 e. The number of anilines is 1.